The fourth-order valence-electron chi connectivity index (χ4n) is 11.2. The van der Waals surface area contributed by atoms with Crippen LogP contribution in [0.1, 0.15) is 386 Å². The van der Waals surface area contributed by atoms with Gasteiger partial charge in [0.15, 0.2) is 6.10 Å². The van der Waals surface area contributed by atoms with Gasteiger partial charge in [0, 0.05) is 19.4 Å². The highest BCUT2D eigenvalue weighted by Crippen LogP contribution is 2.43. The van der Waals surface area contributed by atoms with E-state index < -0.39 is 26.5 Å². The Balaban J connectivity index is 3.81. The molecule has 0 spiro atoms. The van der Waals surface area contributed by atoms with Crippen LogP contribution in [0.15, 0.2) is 48.6 Å². The number of esters is 2. The molecule has 0 radical (unpaired) electrons. The number of unbranched alkanes of at least 4 members (excludes halogenated alkanes) is 50. The third-order valence-corrected chi connectivity index (χ3v) is 17.7. The Morgan fingerprint density at radius 3 is 0.918 bits per heavy atom. The van der Waals surface area contributed by atoms with Crippen molar-refractivity contribution >= 4 is 19.8 Å². The van der Waals surface area contributed by atoms with E-state index in [0.29, 0.717) is 6.42 Å². The Bertz CT molecular complexity index is 1530. The van der Waals surface area contributed by atoms with E-state index in [1.165, 1.54) is 308 Å². The van der Waals surface area contributed by atoms with E-state index in [4.69, 9.17) is 24.3 Å². The first-order chi connectivity index (χ1) is 41.8. The van der Waals surface area contributed by atoms with Gasteiger partial charge in [0.2, 0.25) is 0 Å². The van der Waals surface area contributed by atoms with Gasteiger partial charge < -0.3 is 20.1 Å². The molecule has 0 aromatic heterocycles. The highest BCUT2D eigenvalue weighted by atomic mass is 31.2. The number of hydrogen-bond donors (Lipinski definition) is 2. The van der Waals surface area contributed by atoms with Gasteiger partial charge in [-0.25, -0.2) is 4.57 Å². The molecule has 0 aliphatic carbocycles. The summed E-state index contributed by atoms with van der Waals surface area (Å²) >= 11 is 0. The van der Waals surface area contributed by atoms with E-state index in [9.17, 15) is 19.0 Å². The van der Waals surface area contributed by atoms with Crippen molar-refractivity contribution < 1.29 is 37.6 Å². The summed E-state index contributed by atoms with van der Waals surface area (Å²) < 4.78 is 33.2. The number of nitrogens with two attached hydrogens (primary N) is 1. The van der Waals surface area contributed by atoms with Crippen molar-refractivity contribution in [2.24, 2.45) is 5.73 Å². The zero-order chi connectivity index (χ0) is 61.6. The SMILES string of the molecule is CCCCCCC/C=C\C/C=C\C/C=C\CCCCCCCCCCCCCCCCCCC(=O)OC(COC(=O)CCCCCCCCCCCCCCCCCCCCCCC/C=C\CCCCCCCCCC)COP(=O)(O)OCCN. The lowest BCUT2D eigenvalue weighted by atomic mass is 10.0. The topological polar surface area (TPSA) is 134 Å². The minimum Gasteiger partial charge on any atom is -0.462 e. The monoisotopic (exact) mass is 1220 g/mol. The molecule has 0 bridgehead atoms. The molecule has 3 N–H and O–H groups in total. The molecule has 2 atom stereocenters. The number of carbonyl (C=O) groups excluding carboxylic acids is 2. The number of phosphoric acid groups is 1. The fourth-order valence-corrected chi connectivity index (χ4v) is 11.9. The van der Waals surface area contributed by atoms with Gasteiger partial charge in [-0.2, -0.15) is 0 Å². The Morgan fingerprint density at radius 2 is 0.612 bits per heavy atom. The molecule has 9 nitrogen and oxygen atoms in total. The molecular weight excluding hydrogens is 1070 g/mol. The highest BCUT2D eigenvalue weighted by molar-refractivity contribution is 7.47. The van der Waals surface area contributed by atoms with Gasteiger partial charge >= 0.3 is 19.8 Å². The predicted molar refractivity (Wildman–Crippen MR) is 367 cm³/mol. The molecule has 0 rings (SSSR count). The van der Waals surface area contributed by atoms with E-state index >= 15 is 0 Å². The number of phosphoric ester groups is 1. The first-order valence-corrected chi connectivity index (χ1v) is 38.6. The van der Waals surface area contributed by atoms with E-state index in [1.807, 2.05) is 0 Å². The standard InChI is InChI=1S/C75H142NO8P/c1-3-5-7-9-11-13-15-17-19-21-23-25-27-29-31-33-35-36-38-39-41-43-45-47-49-51-53-55-57-59-61-63-65-67-74(77)81-71-73(72-83-85(79,80)82-70-69-76)84-75(78)68-66-64-62-60-58-56-54-52-50-48-46-44-42-40-37-34-32-30-28-26-24-22-20-18-16-14-12-10-8-6-4-2/h16,18,21-24,28,30,73H,3-15,17,19-20,25-27,29,31-72,76H2,1-2H3,(H,79,80)/b18-16-,23-21-,24-22-,30-28-. The van der Waals surface area contributed by atoms with Gasteiger partial charge in [0.05, 0.1) is 13.2 Å². The zero-order valence-electron chi connectivity index (χ0n) is 56.4. The van der Waals surface area contributed by atoms with Crippen LogP contribution in [0.25, 0.3) is 0 Å². The Kier molecular flexibility index (Phi) is 69.4. The second-order valence-corrected chi connectivity index (χ2v) is 26.6. The molecule has 0 aromatic carbocycles. The summed E-state index contributed by atoms with van der Waals surface area (Å²) in [6, 6.07) is 0. The molecule has 0 aliphatic rings. The Labute approximate surface area is 527 Å². The summed E-state index contributed by atoms with van der Waals surface area (Å²) in [5.41, 5.74) is 5.41. The van der Waals surface area contributed by atoms with E-state index in [-0.39, 0.29) is 38.6 Å². The van der Waals surface area contributed by atoms with Crippen LogP contribution >= 0.6 is 7.82 Å². The largest absolute Gasteiger partial charge is 0.472 e. The fraction of sp³-hybridized carbons (Fsp3) is 0.867. The molecule has 85 heavy (non-hydrogen) atoms. The minimum absolute atomic E-state index is 0.0550. The summed E-state index contributed by atoms with van der Waals surface area (Å²) in [6.45, 7) is 3.80. The lowest BCUT2D eigenvalue weighted by molar-refractivity contribution is -0.161. The second kappa shape index (κ2) is 71.1. The number of allylic oxidation sites excluding steroid dienone is 8. The minimum atomic E-state index is -4.39. The molecule has 0 fully saturated rings. The molecular formula is C75H142NO8P. The third-order valence-electron chi connectivity index (χ3n) is 16.7. The van der Waals surface area contributed by atoms with Crippen LogP contribution < -0.4 is 5.73 Å². The van der Waals surface area contributed by atoms with E-state index in [0.717, 1.165) is 44.9 Å². The predicted octanol–water partition coefficient (Wildman–Crippen LogP) is 24.4. The average molecular weight is 1220 g/mol. The van der Waals surface area contributed by atoms with Gasteiger partial charge in [0.1, 0.15) is 6.61 Å². The summed E-state index contributed by atoms with van der Waals surface area (Å²) in [5, 5.41) is 0. The van der Waals surface area contributed by atoms with Gasteiger partial charge in [-0.15, -0.1) is 0 Å². The number of carbonyl (C=O) groups is 2. The van der Waals surface area contributed by atoms with Crippen molar-refractivity contribution in [1.29, 1.82) is 0 Å². The molecule has 0 amide bonds. The maximum Gasteiger partial charge on any atom is 0.472 e. The van der Waals surface area contributed by atoms with E-state index in [2.05, 4.69) is 62.5 Å². The third kappa shape index (κ3) is 70.9. The number of ether oxygens (including phenoxy) is 2. The molecule has 500 valence electrons. The summed E-state index contributed by atoms with van der Waals surface area (Å²) in [7, 11) is -4.39. The molecule has 0 aliphatic heterocycles. The first kappa shape index (κ1) is 83.0. The highest BCUT2D eigenvalue weighted by Gasteiger charge is 2.26. The number of hydrogen-bond acceptors (Lipinski definition) is 8. The molecule has 0 saturated heterocycles. The van der Waals surface area contributed by atoms with Crippen LogP contribution in [0, 0.1) is 0 Å². The van der Waals surface area contributed by atoms with Crippen molar-refractivity contribution in [2.75, 3.05) is 26.4 Å². The molecule has 0 saturated carbocycles. The number of rotatable bonds is 71. The van der Waals surface area contributed by atoms with Crippen molar-refractivity contribution in [3.8, 4) is 0 Å². The Morgan fingerprint density at radius 1 is 0.353 bits per heavy atom. The van der Waals surface area contributed by atoms with Crippen molar-refractivity contribution in [2.45, 2.75) is 392 Å². The molecule has 0 heterocycles. The quantitative estimate of drug-likeness (QED) is 0.0264. The second-order valence-electron chi connectivity index (χ2n) is 25.2. The van der Waals surface area contributed by atoms with Gasteiger partial charge in [-0.1, -0.05) is 345 Å². The van der Waals surface area contributed by atoms with Crippen LogP contribution in [0.5, 0.6) is 0 Å². The normalized spacial score (nSPS) is 13.1. The van der Waals surface area contributed by atoms with Crippen LogP contribution in [0.4, 0.5) is 0 Å². The van der Waals surface area contributed by atoms with Crippen LogP contribution in [0.3, 0.4) is 0 Å². The maximum absolute atomic E-state index is 12.8. The van der Waals surface area contributed by atoms with E-state index in [1.54, 1.807) is 0 Å². The van der Waals surface area contributed by atoms with Crippen molar-refractivity contribution in [3.63, 3.8) is 0 Å². The first-order valence-electron chi connectivity index (χ1n) is 37.1. The maximum atomic E-state index is 12.8. The average Bonchev–Trinajstić information content (AvgIpc) is 3.52. The van der Waals surface area contributed by atoms with Gasteiger partial charge in [-0.05, 0) is 77.0 Å². The summed E-state index contributed by atoms with van der Waals surface area (Å²) in [5.74, 6) is -0.807. The van der Waals surface area contributed by atoms with Gasteiger partial charge in [-0.3, -0.25) is 18.6 Å². The summed E-state index contributed by atoms with van der Waals surface area (Å²) in [4.78, 5) is 35.4. The van der Waals surface area contributed by atoms with Crippen LogP contribution in [0.2, 0.25) is 0 Å². The zero-order valence-corrected chi connectivity index (χ0v) is 57.3. The molecule has 10 heteroatoms. The molecule has 0 aromatic rings. The Hall–Kier alpha value is -2.03. The lowest BCUT2D eigenvalue weighted by Gasteiger charge is -2.19. The van der Waals surface area contributed by atoms with Crippen molar-refractivity contribution in [1.82, 2.24) is 0 Å². The summed E-state index contributed by atoms with van der Waals surface area (Å²) in [6.07, 6.45) is 90.8. The smallest absolute Gasteiger partial charge is 0.462 e. The molecule has 2 unspecified atom stereocenters. The van der Waals surface area contributed by atoms with Crippen LogP contribution in [-0.2, 0) is 32.7 Å². The lowest BCUT2D eigenvalue weighted by Crippen LogP contribution is -2.29. The van der Waals surface area contributed by atoms with Crippen molar-refractivity contribution in [3.05, 3.63) is 48.6 Å². The van der Waals surface area contributed by atoms with Gasteiger partial charge in [0.25, 0.3) is 0 Å². The van der Waals surface area contributed by atoms with Crippen LogP contribution in [-0.4, -0.2) is 49.3 Å².